The minimum atomic E-state index is -0.849. The Kier molecular flexibility index (Phi) is 8.34. The van der Waals surface area contributed by atoms with Crippen molar-refractivity contribution >= 4 is 12.0 Å². The Morgan fingerprint density at radius 3 is 2.53 bits per heavy atom. The standard InChI is InChI=1S/C13H23N3O3/c1-10(2)7-11(8-12(17)18)9-15-13(19)16(3)6-4-5-14/h10-11H,4,6-9H2,1-3H3,(H,15,19)(H,17,18). The summed E-state index contributed by atoms with van der Waals surface area (Å²) in [5.74, 6) is -0.527. The van der Waals surface area contributed by atoms with Gasteiger partial charge in [0.2, 0.25) is 0 Å². The van der Waals surface area contributed by atoms with Crippen LogP contribution in [0.1, 0.15) is 33.1 Å². The summed E-state index contributed by atoms with van der Waals surface area (Å²) in [4.78, 5) is 23.9. The lowest BCUT2D eigenvalue weighted by atomic mass is 9.94. The highest BCUT2D eigenvalue weighted by molar-refractivity contribution is 5.74. The van der Waals surface area contributed by atoms with Crippen molar-refractivity contribution in [3.8, 4) is 6.07 Å². The first-order chi connectivity index (χ1) is 8.86. The number of rotatable bonds is 8. The Hall–Kier alpha value is -1.77. The Balaban J connectivity index is 4.18. The number of carbonyl (C=O) groups is 2. The Morgan fingerprint density at radius 1 is 1.42 bits per heavy atom. The number of nitriles is 1. The lowest BCUT2D eigenvalue weighted by Crippen LogP contribution is -2.40. The summed E-state index contributed by atoms with van der Waals surface area (Å²) < 4.78 is 0. The van der Waals surface area contributed by atoms with E-state index in [9.17, 15) is 9.59 Å². The molecule has 6 nitrogen and oxygen atoms in total. The number of hydrogen-bond acceptors (Lipinski definition) is 3. The SMILES string of the molecule is CC(C)CC(CNC(=O)N(C)CCC#N)CC(=O)O. The van der Waals surface area contributed by atoms with Gasteiger partial charge in [-0.25, -0.2) is 4.79 Å². The summed E-state index contributed by atoms with van der Waals surface area (Å²) in [7, 11) is 1.61. The van der Waals surface area contributed by atoms with Gasteiger partial charge in [-0.1, -0.05) is 13.8 Å². The molecule has 0 saturated heterocycles. The van der Waals surface area contributed by atoms with Crippen molar-refractivity contribution in [3.05, 3.63) is 0 Å². The maximum absolute atomic E-state index is 11.7. The van der Waals surface area contributed by atoms with Gasteiger partial charge in [-0.3, -0.25) is 4.79 Å². The maximum atomic E-state index is 11.7. The largest absolute Gasteiger partial charge is 0.481 e. The molecular weight excluding hydrogens is 246 g/mol. The summed E-state index contributed by atoms with van der Waals surface area (Å²) in [6, 6.07) is 1.70. The van der Waals surface area contributed by atoms with E-state index in [-0.39, 0.29) is 24.8 Å². The fourth-order valence-electron chi connectivity index (χ4n) is 1.84. The van der Waals surface area contributed by atoms with Crippen LogP contribution in [0, 0.1) is 23.2 Å². The van der Waals surface area contributed by atoms with Gasteiger partial charge < -0.3 is 15.3 Å². The van der Waals surface area contributed by atoms with Crippen LogP contribution in [0.5, 0.6) is 0 Å². The zero-order chi connectivity index (χ0) is 14.8. The fourth-order valence-corrected chi connectivity index (χ4v) is 1.84. The molecule has 0 aliphatic heterocycles. The molecule has 0 aromatic rings. The average molecular weight is 269 g/mol. The molecular formula is C13H23N3O3. The van der Waals surface area contributed by atoms with Gasteiger partial charge in [-0.05, 0) is 18.3 Å². The quantitative estimate of drug-likeness (QED) is 0.701. The molecule has 108 valence electrons. The van der Waals surface area contributed by atoms with Crippen molar-refractivity contribution in [3.63, 3.8) is 0 Å². The van der Waals surface area contributed by atoms with Crippen LogP contribution < -0.4 is 5.32 Å². The van der Waals surface area contributed by atoms with Crippen LogP contribution in [0.3, 0.4) is 0 Å². The van der Waals surface area contributed by atoms with Crippen LogP contribution in [0.15, 0.2) is 0 Å². The molecule has 0 aliphatic carbocycles. The minimum absolute atomic E-state index is 0.0559. The Bertz CT molecular complexity index is 337. The maximum Gasteiger partial charge on any atom is 0.317 e. The van der Waals surface area contributed by atoms with E-state index in [2.05, 4.69) is 5.32 Å². The van der Waals surface area contributed by atoms with Gasteiger partial charge in [0.15, 0.2) is 0 Å². The number of nitrogens with one attached hydrogen (secondary N) is 1. The van der Waals surface area contributed by atoms with Crippen molar-refractivity contribution < 1.29 is 14.7 Å². The smallest absolute Gasteiger partial charge is 0.317 e. The molecule has 19 heavy (non-hydrogen) atoms. The number of aliphatic carboxylic acids is 1. The Labute approximate surface area is 114 Å². The number of carbonyl (C=O) groups excluding carboxylic acids is 1. The van der Waals surface area contributed by atoms with E-state index in [1.165, 1.54) is 4.90 Å². The molecule has 6 heteroatoms. The molecule has 1 atom stereocenters. The molecule has 2 amide bonds. The monoisotopic (exact) mass is 269 g/mol. The van der Waals surface area contributed by atoms with Crippen LogP contribution in [0.2, 0.25) is 0 Å². The number of nitrogens with zero attached hydrogens (tertiary/aromatic N) is 2. The second kappa shape index (κ2) is 9.20. The summed E-state index contributed by atoms with van der Waals surface area (Å²) >= 11 is 0. The van der Waals surface area contributed by atoms with Crippen LogP contribution in [0.4, 0.5) is 4.79 Å². The highest BCUT2D eigenvalue weighted by atomic mass is 16.4. The fraction of sp³-hybridized carbons (Fsp3) is 0.769. The third-order valence-electron chi connectivity index (χ3n) is 2.72. The molecule has 0 heterocycles. The summed E-state index contributed by atoms with van der Waals surface area (Å²) in [6.07, 6.45) is 1.10. The number of carboxylic acids is 1. The van der Waals surface area contributed by atoms with Crippen LogP contribution in [-0.4, -0.2) is 42.1 Å². The lowest BCUT2D eigenvalue weighted by molar-refractivity contribution is -0.138. The molecule has 1 unspecified atom stereocenters. The highest BCUT2D eigenvalue weighted by Crippen LogP contribution is 2.14. The second-order valence-corrected chi connectivity index (χ2v) is 5.11. The average Bonchev–Trinajstić information content (AvgIpc) is 2.31. The van der Waals surface area contributed by atoms with Gasteiger partial charge >= 0.3 is 12.0 Å². The summed E-state index contributed by atoms with van der Waals surface area (Å²) in [5.41, 5.74) is 0. The molecule has 0 saturated carbocycles. The molecule has 0 aromatic carbocycles. The molecule has 0 aliphatic rings. The van der Waals surface area contributed by atoms with E-state index < -0.39 is 5.97 Å². The summed E-state index contributed by atoms with van der Waals surface area (Å²) in [6.45, 7) is 4.77. The van der Waals surface area contributed by atoms with Crippen LogP contribution in [0.25, 0.3) is 0 Å². The van der Waals surface area contributed by atoms with Gasteiger partial charge in [0.25, 0.3) is 0 Å². The van der Waals surface area contributed by atoms with Gasteiger partial charge in [0.05, 0.1) is 12.5 Å². The van der Waals surface area contributed by atoms with Gasteiger partial charge in [-0.15, -0.1) is 0 Å². The van der Waals surface area contributed by atoms with Crippen molar-refractivity contribution in [2.75, 3.05) is 20.1 Å². The van der Waals surface area contributed by atoms with Gasteiger partial charge in [-0.2, -0.15) is 5.26 Å². The molecule has 2 N–H and O–H groups in total. The topological polar surface area (TPSA) is 93.4 Å². The Morgan fingerprint density at radius 2 is 2.05 bits per heavy atom. The highest BCUT2D eigenvalue weighted by Gasteiger charge is 2.17. The second-order valence-electron chi connectivity index (χ2n) is 5.11. The third-order valence-corrected chi connectivity index (χ3v) is 2.72. The third kappa shape index (κ3) is 8.89. The number of amides is 2. The van der Waals surface area contributed by atoms with Crippen molar-refractivity contribution in [1.29, 1.82) is 5.26 Å². The van der Waals surface area contributed by atoms with Crippen molar-refractivity contribution in [1.82, 2.24) is 10.2 Å². The first-order valence-corrected chi connectivity index (χ1v) is 6.44. The van der Waals surface area contributed by atoms with Crippen molar-refractivity contribution in [2.24, 2.45) is 11.8 Å². The van der Waals surface area contributed by atoms with E-state index in [0.717, 1.165) is 6.42 Å². The van der Waals surface area contributed by atoms with Crippen LogP contribution >= 0.6 is 0 Å². The first-order valence-electron chi connectivity index (χ1n) is 6.44. The summed E-state index contributed by atoms with van der Waals surface area (Å²) in [5, 5.41) is 20.0. The molecule has 0 bridgehead atoms. The number of hydrogen-bond donors (Lipinski definition) is 2. The van der Waals surface area contributed by atoms with E-state index >= 15 is 0 Å². The number of urea groups is 1. The molecule has 0 fully saturated rings. The molecule has 0 rings (SSSR count). The van der Waals surface area contributed by atoms with Gasteiger partial charge in [0, 0.05) is 26.6 Å². The molecule has 0 radical (unpaired) electrons. The molecule has 0 aromatic heterocycles. The van der Waals surface area contributed by atoms with E-state index in [0.29, 0.717) is 19.0 Å². The minimum Gasteiger partial charge on any atom is -0.481 e. The predicted molar refractivity (Wildman–Crippen MR) is 71.5 cm³/mol. The normalized spacial score (nSPS) is 11.7. The van der Waals surface area contributed by atoms with Gasteiger partial charge in [0.1, 0.15) is 0 Å². The lowest BCUT2D eigenvalue weighted by Gasteiger charge is -2.21. The predicted octanol–water partition coefficient (Wildman–Crippen LogP) is 1.68. The van der Waals surface area contributed by atoms with E-state index in [1.807, 2.05) is 19.9 Å². The zero-order valence-corrected chi connectivity index (χ0v) is 11.8. The first kappa shape index (κ1) is 17.2. The van der Waals surface area contributed by atoms with Crippen LogP contribution in [-0.2, 0) is 4.79 Å². The number of carboxylic acid groups (broad SMARTS) is 1. The molecule has 0 spiro atoms. The van der Waals surface area contributed by atoms with Crippen molar-refractivity contribution in [2.45, 2.75) is 33.1 Å². The zero-order valence-electron chi connectivity index (χ0n) is 11.8. The van der Waals surface area contributed by atoms with E-state index in [1.54, 1.807) is 7.05 Å². The van der Waals surface area contributed by atoms with E-state index in [4.69, 9.17) is 10.4 Å².